The molecule has 0 aromatic heterocycles. The highest BCUT2D eigenvalue weighted by Crippen LogP contribution is 2.24. The topological polar surface area (TPSA) is 15.3 Å². The third-order valence-corrected chi connectivity index (χ3v) is 4.34. The molecule has 2 nitrogen and oxygen atoms in total. The molecule has 2 heteroatoms. The highest BCUT2D eigenvalue weighted by atomic mass is 15.1. The minimum atomic E-state index is 0.661. The van der Waals surface area contributed by atoms with Crippen LogP contribution >= 0.6 is 0 Å². The second kappa shape index (κ2) is 8.43. The van der Waals surface area contributed by atoms with Gasteiger partial charge >= 0.3 is 0 Å². The first-order valence-corrected chi connectivity index (χ1v) is 8.36. The number of rotatable bonds is 8. The Morgan fingerprint density at radius 3 is 2.50 bits per heavy atom. The Kier molecular flexibility index (Phi) is 6.55. The zero-order valence-electron chi connectivity index (χ0n) is 13.2. The monoisotopic (exact) mass is 274 g/mol. The Morgan fingerprint density at radius 1 is 1.10 bits per heavy atom. The number of nitrogens with one attached hydrogen (secondary N) is 1. The third kappa shape index (κ3) is 4.32. The van der Waals surface area contributed by atoms with E-state index >= 15 is 0 Å². The van der Waals surface area contributed by atoms with Crippen LogP contribution in [0.4, 0.5) is 0 Å². The standard InChI is InChI=1S/C18H30N2/c1-3-5-11-20(12-6-4-2)15-17-14-19-13-16-9-7-8-10-18(16)17/h7-10,17,19H,3-6,11-15H2,1-2H3. The Balaban J connectivity index is 1.99. The fraction of sp³-hybridized carbons (Fsp3) is 0.667. The summed E-state index contributed by atoms with van der Waals surface area (Å²) in [5, 5.41) is 3.58. The predicted octanol–water partition coefficient (Wildman–Crippen LogP) is 3.78. The predicted molar refractivity (Wildman–Crippen MR) is 87.1 cm³/mol. The van der Waals surface area contributed by atoms with Crippen LogP contribution in [0.2, 0.25) is 0 Å². The van der Waals surface area contributed by atoms with Gasteiger partial charge in [-0.15, -0.1) is 0 Å². The van der Waals surface area contributed by atoms with Crippen LogP contribution in [0.1, 0.15) is 56.6 Å². The van der Waals surface area contributed by atoms with E-state index in [1.807, 2.05) is 0 Å². The maximum atomic E-state index is 3.58. The smallest absolute Gasteiger partial charge is 0.0208 e. The SMILES string of the molecule is CCCCN(CCCC)CC1CNCc2ccccc21. The molecule has 1 aliphatic heterocycles. The van der Waals surface area contributed by atoms with E-state index in [2.05, 4.69) is 48.3 Å². The van der Waals surface area contributed by atoms with Crippen molar-refractivity contribution in [2.75, 3.05) is 26.2 Å². The molecule has 0 bridgehead atoms. The molecule has 1 aromatic rings. The largest absolute Gasteiger partial charge is 0.312 e. The highest BCUT2D eigenvalue weighted by molar-refractivity contribution is 5.32. The number of hydrogen-bond acceptors (Lipinski definition) is 2. The molecule has 1 aliphatic rings. The van der Waals surface area contributed by atoms with Gasteiger partial charge < -0.3 is 10.2 Å². The number of nitrogens with zero attached hydrogens (tertiary/aromatic N) is 1. The van der Waals surface area contributed by atoms with E-state index in [4.69, 9.17) is 0 Å². The summed E-state index contributed by atoms with van der Waals surface area (Å²) in [6, 6.07) is 8.96. The normalized spacial score (nSPS) is 18.2. The van der Waals surface area contributed by atoms with Crippen LogP contribution in [0.25, 0.3) is 0 Å². The van der Waals surface area contributed by atoms with Crippen LogP contribution in [0.15, 0.2) is 24.3 Å². The third-order valence-electron chi connectivity index (χ3n) is 4.34. The lowest BCUT2D eigenvalue weighted by Crippen LogP contribution is -2.37. The van der Waals surface area contributed by atoms with Gasteiger partial charge in [0.2, 0.25) is 0 Å². The van der Waals surface area contributed by atoms with Crippen LogP contribution in [-0.2, 0) is 6.54 Å². The molecule has 0 amide bonds. The van der Waals surface area contributed by atoms with Crippen molar-refractivity contribution in [2.45, 2.75) is 52.0 Å². The average Bonchev–Trinajstić information content (AvgIpc) is 2.50. The van der Waals surface area contributed by atoms with Crippen LogP contribution in [0.5, 0.6) is 0 Å². The van der Waals surface area contributed by atoms with Crippen molar-refractivity contribution in [1.29, 1.82) is 0 Å². The molecule has 20 heavy (non-hydrogen) atoms. The first-order chi connectivity index (χ1) is 9.85. The van der Waals surface area contributed by atoms with Gasteiger partial charge in [-0.25, -0.2) is 0 Å². The van der Waals surface area contributed by atoms with Gasteiger partial charge in [0.1, 0.15) is 0 Å². The van der Waals surface area contributed by atoms with Crippen molar-refractivity contribution in [3.05, 3.63) is 35.4 Å². The van der Waals surface area contributed by atoms with Crippen molar-refractivity contribution in [3.63, 3.8) is 0 Å². The lowest BCUT2D eigenvalue weighted by atomic mass is 9.90. The Morgan fingerprint density at radius 2 is 1.80 bits per heavy atom. The molecular formula is C18H30N2. The molecule has 1 aromatic carbocycles. The minimum absolute atomic E-state index is 0.661. The fourth-order valence-electron chi connectivity index (χ4n) is 3.12. The summed E-state index contributed by atoms with van der Waals surface area (Å²) in [5.74, 6) is 0.661. The fourth-order valence-corrected chi connectivity index (χ4v) is 3.12. The van der Waals surface area contributed by atoms with Gasteiger partial charge in [0.25, 0.3) is 0 Å². The molecule has 0 aliphatic carbocycles. The quantitative estimate of drug-likeness (QED) is 0.776. The number of hydrogen-bond donors (Lipinski definition) is 1. The van der Waals surface area contributed by atoms with Gasteiger partial charge in [-0.3, -0.25) is 0 Å². The van der Waals surface area contributed by atoms with Gasteiger partial charge in [0, 0.05) is 25.6 Å². The van der Waals surface area contributed by atoms with Crippen molar-refractivity contribution in [3.8, 4) is 0 Å². The zero-order valence-corrected chi connectivity index (χ0v) is 13.2. The van der Waals surface area contributed by atoms with Crippen LogP contribution in [-0.4, -0.2) is 31.1 Å². The minimum Gasteiger partial charge on any atom is -0.312 e. The first kappa shape index (κ1) is 15.5. The molecule has 0 spiro atoms. The molecule has 1 heterocycles. The van der Waals surface area contributed by atoms with Crippen LogP contribution < -0.4 is 5.32 Å². The summed E-state index contributed by atoms with van der Waals surface area (Å²) in [4.78, 5) is 2.68. The van der Waals surface area contributed by atoms with Crippen molar-refractivity contribution >= 4 is 0 Å². The van der Waals surface area contributed by atoms with Gasteiger partial charge in [0.05, 0.1) is 0 Å². The van der Waals surface area contributed by atoms with E-state index in [-0.39, 0.29) is 0 Å². The van der Waals surface area contributed by atoms with Crippen molar-refractivity contribution < 1.29 is 0 Å². The molecule has 0 fully saturated rings. The van der Waals surface area contributed by atoms with E-state index < -0.39 is 0 Å². The van der Waals surface area contributed by atoms with Gasteiger partial charge in [-0.1, -0.05) is 51.0 Å². The summed E-state index contributed by atoms with van der Waals surface area (Å²) >= 11 is 0. The highest BCUT2D eigenvalue weighted by Gasteiger charge is 2.21. The zero-order chi connectivity index (χ0) is 14.2. The van der Waals surface area contributed by atoms with E-state index in [9.17, 15) is 0 Å². The van der Waals surface area contributed by atoms with Crippen LogP contribution in [0, 0.1) is 0 Å². The van der Waals surface area contributed by atoms with E-state index in [1.54, 1.807) is 5.56 Å². The molecule has 1 atom stereocenters. The lowest BCUT2D eigenvalue weighted by molar-refractivity contribution is 0.243. The summed E-state index contributed by atoms with van der Waals surface area (Å²) in [6.07, 6.45) is 5.24. The van der Waals surface area contributed by atoms with Crippen molar-refractivity contribution in [2.24, 2.45) is 0 Å². The summed E-state index contributed by atoms with van der Waals surface area (Å²) < 4.78 is 0. The van der Waals surface area contributed by atoms with E-state index in [0.29, 0.717) is 5.92 Å². The Labute approximate surface area is 124 Å². The molecule has 1 N–H and O–H groups in total. The lowest BCUT2D eigenvalue weighted by Gasteiger charge is -2.32. The Bertz CT molecular complexity index is 381. The second-order valence-corrected chi connectivity index (χ2v) is 6.03. The molecule has 0 radical (unpaired) electrons. The van der Waals surface area contributed by atoms with Gasteiger partial charge in [-0.2, -0.15) is 0 Å². The maximum absolute atomic E-state index is 3.58. The first-order valence-electron chi connectivity index (χ1n) is 8.36. The molecule has 112 valence electrons. The number of fused-ring (bicyclic) bond motifs is 1. The van der Waals surface area contributed by atoms with Crippen molar-refractivity contribution in [1.82, 2.24) is 10.2 Å². The van der Waals surface area contributed by atoms with Gasteiger partial charge in [0.15, 0.2) is 0 Å². The average molecular weight is 274 g/mol. The van der Waals surface area contributed by atoms with E-state index in [0.717, 1.165) is 13.1 Å². The Hall–Kier alpha value is -0.860. The molecule has 0 saturated heterocycles. The van der Waals surface area contributed by atoms with Crippen LogP contribution in [0.3, 0.4) is 0 Å². The molecular weight excluding hydrogens is 244 g/mol. The summed E-state index contributed by atoms with van der Waals surface area (Å²) in [6.45, 7) is 10.5. The molecule has 0 saturated carbocycles. The number of unbranched alkanes of at least 4 members (excludes halogenated alkanes) is 2. The maximum Gasteiger partial charge on any atom is 0.0208 e. The van der Waals surface area contributed by atoms with E-state index in [1.165, 1.54) is 50.9 Å². The second-order valence-electron chi connectivity index (χ2n) is 6.03. The molecule has 1 unspecified atom stereocenters. The number of benzene rings is 1. The van der Waals surface area contributed by atoms with Gasteiger partial charge in [-0.05, 0) is 37.1 Å². The summed E-state index contributed by atoms with van der Waals surface area (Å²) in [7, 11) is 0. The summed E-state index contributed by atoms with van der Waals surface area (Å²) in [5.41, 5.74) is 3.07. The molecule has 2 rings (SSSR count).